The third-order valence-corrected chi connectivity index (χ3v) is 3.93. The lowest BCUT2D eigenvalue weighted by Gasteiger charge is -2.48. The molecule has 0 aromatic heterocycles. The van der Waals surface area contributed by atoms with Crippen LogP contribution in [0.15, 0.2) is 30.3 Å². The van der Waals surface area contributed by atoms with Gasteiger partial charge in [-0.25, -0.2) is 4.79 Å². The minimum Gasteiger partial charge on any atom is -0.334 e. The molecule has 96 valence electrons. The fourth-order valence-electron chi connectivity index (χ4n) is 2.61. The molecule has 2 amide bonds. The first-order valence-electron chi connectivity index (χ1n) is 6.53. The number of hydrogen-bond donors (Lipinski definition) is 2. The van der Waals surface area contributed by atoms with Crippen LogP contribution in [0, 0.1) is 5.92 Å². The maximum absolute atomic E-state index is 11.9. The Morgan fingerprint density at radius 3 is 2.61 bits per heavy atom. The molecule has 0 atom stereocenters. The summed E-state index contributed by atoms with van der Waals surface area (Å²) in [5.74, 6) is 0.649. The zero-order chi connectivity index (χ0) is 12.6. The largest absolute Gasteiger partial charge is 0.334 e. The molecule has 2 fully saturated rings. The van der Waals surface area contributed by atoms with E-state index in [1.165, 1.54) is 12.8 Å². The molecule has 1 aromatic carbocycles. The van der Waals surface area contributed by atoms with Crippen molar-refractivity contribution in [3.63, 3.8) is 0 Å². The summed E-state index contributed by atoms with van der Waals surface area (Å²) in [6.45, 7) is 1.99. The zero-order valence-corrected chi connectivity index (χ0v) is 10.4. The summed E-state index contributed by atoms with van der Waals surface area (Å²) in [5, 5.41) is 2.93. The van der Waals surface area contributed by atoms with Crippen LogP contribution >= 0.6 is 0 Å². The molecule has 1 saturated heterocycles. The number of likely N-dealkylation sites (tertiary alicyclic amines) is 1. The van der Waals surface area contributed by atoms with Crippen LogP contribution in [-0.2, 0) is 6.54 Å². The fourth-order valence-corrected chi connectivity index (χ4v) is 2.61. The van der Waals surface area contributed by atoms with E-state index in [4.69, 9.17) is 5.73 Å². The van der Waals surface area contributed by atoms with Crippen LogP contribution in [0.2, 0.25) is 0 Å². The Balaban J connectivity index is 1.46. The number of amides is 2. The second-order valence-corrected chi connectivity index (χ2v) is 5.51. The van der Waals surface area contributed by atoms with Gasteiger partial charge in [-0.1, -0.05) is 30.3 Å². The molecule has 0 spiro atoms. The minimum absolute atomic E-state index is 0.000535. The van der Waals surface area contributed by atoms with Gasteiger partial charge in [0, 0.05) is 19.6 Å². The minimum atomic E-state index is -0.0932. The molecule has 0 radical (unpaired) electrons. The lowest BCUT2D eigenvalue weighted by molar-refractivity contribution is 0.0816. The van der Waals surface area contributed by atoms with Gasteiger partial charge in [0.15, 0.2) is 0 Å². The van der Waals surface area contributed by atoms with Crippen LogP contribution in [0.5, 0.6) is 0 Å². The van der Waals surface area contributed by atoms with Crippen molar-refractivity contribution in [3.8, 4) is 0 Å². The second kappa shape index (κ2) is 4.28. The van der Waals surface area contributed by atoms with Gasteiger partial charge in [-0.05, 0) is 24.3 Å². The van der Waals surface area contributed by atoms with Gasteiger partial charge in [0.05, 0.1) is 5.54 Å². The number of nitrogens with zero attached hydrogens (tertiary/aromatic N) is 1. The van der Waals surface area contributed by atoms with Crippen LogP contribution in [0.3, 0.4) is 0 Å². The van der Waals surface area contributed by atoms with Crippen LogP contribution in [0.4, 0.5) is 4.79 Å². The van der Waals surface area contributed by atoms with E-state index in [-0.39, 0.29) is 11.6 Å². The first-order valence-corrected chi connectivity index (χ1v) is 6.53. The standard InChI is InChI=1S/C14H19N3O/c15-14(12-6-7-12)9-17(10-14)13(18)16-8-11-4-2-1-3-5-11/h1-5,12H,6-10,15H2,(H,16,18). The number of carbonyl (C=O) groups excluding carboxylic acids is 1. The van der Waals surface area contributed by atoms with Gasteiger partial charge in [0.2, 0.25) is 0 Å². The third-order valence-electron chi connectivity index (χ3n) is 3.93. The van der Waals surface area contributed by atoms with Gasteiger partial charge in [-0.3, -0.25) is 0 Å². The number of benzene rings is 1. The molecule has 4 nitrogen and oxygen atoms in total. The number of carbonyl (C=O) groups is 1. The number of nitrogens with one attached hydrogen (secondary N) is 1. The topological polar surface area (TPSA) is 58.4 Å². The summed E-state index contributed by atoms with van der Waals surface area (Å²) < 4.78 is 0. The Morgan fingerprint density at radius 2 is 2.00 bits per heavy atom. The SMILES string of the molecule is NC1(C2CC2)CN(C(=O)NCc2ccccc2)C1. The highest BCUT2D eigenvalue weighted by molar-refractivity contribution is 5.75. The normalized spacial score (nSPS) is 21.3. The summed E-state index contributed by atoms with van der Waals surface area (Å²) in [6, 6.07) is 9.94. The molecular formula is C14H19N3O. The van der Waals surface area contributed by atoms with E-state index in [9.17, 15) is 4.79 Å². The molecule has 3 N–H and O–H groups in total. The van der Waals surface area contributed by atoms with Crippen molar-refractivity contribution in [2.75, 3.05) is 13.1 Å². The predicted octanol–water partition coefficient (Wildman–Crippen LogP) is 1.32. The summed E-state index contributed by atoms with van der Waals surface area (Å²) in [4.78, 5) is 13.7. The van der Waals surface area contributed by atoms with E-state index in [0.717, 1.165) is 5.56 Å². The lowest BCUT2D eigenvalue weighted by Crippen LogP contribution is -2.71. The summed E-state index contributed by atoms with van der Waals surface area (Å²) in [6.07, 6.45) is 2.46. The van der Waals surface area contributed by atoms with Crippen LogP contribution in [-0.4, -0.2) is 29.6 Å². The van der Waals surface area contributed by atoms with Gasteiger partial charge < -0.3 is 16.0 Å². The van der Waals surface area contributed by atoms with Crippen LogP contribution < -0.4 is 11.1 Å². The molecule has 0 unspecified atom stereocenters. The number of rotatable bonds is 3. The molecule has 3 rings (SSSR count). The quantitative estimate of drug-likeness (QED) is 0.843. The van der Waals surface area contributed by atoms with Gasteiger partial charge in [0.25, 0.3) is 0 Å². The highest BCUT2D eigenvalue weighted by atomic mass is 16.2. The van der Waals surface area contributed by atoms with Crippen LogP contribution in [0.1, 0.15) is 18.4 Å². The van der Waals surface area contributed by atoms with E-state index in [2.05, 4.69) is 5.32 Å². The van der Waals surface area contributed by atoms with Gasteiger partial charge in [-0.2, -0.15) is 0 Å². The lowest BCUT2D eigenvalue weighted by atomic mass is 9.86. The first kappa shape index (κ1) is 11.5. The summed E-state index contributed by atoms with van der Waals surface area (Å²) in [7, 11) is 0. The zero-order valence-electron chi connectivity index (χ0n) is 10.4. The molecule has 1 heterocycles. The van der Waals surface area contributed by atoms with E-state index >= 15 is 0 Å². The average molecular weight is 245 g/mol. The number of nitrogens with two attached hydrogens (primary N) is 1. The molecule has 2 aliphatic rings. The maximum atomic E-state index is 11.9. The molecule has 18 heavy (non-hydrogen) atoms. The molecule has 0 bridgehead atoms. The highest BCUT2D eigenvalue weighted by Gasteiger charge is 2.51. The van der Waals surface area contributed by atoms with Crippen molar-refractivity contribution >= 4 is 6.03 Å². The van der Waals surface area contributed by atoms with E-state index < -0.39 is 0 Å². The maximum Gasteiger partial charge on any atom is 0.317 e. The van der Waals surface area contributed by atoms with Crippen molar-refractivity contribution < 1.29 is 4.79 Å². The fraction of sp³-hybridized carbons (Fsp3) is 0.500. The third kappa shape index (κ3) is 2.20. The second-order valence-electron chi connectivity index (χ2n) is 5.51. The molecular weight excluding hydrogens is 226 g/mol. The van der Waals surface area contributed by atoms with Crippen LogP contribution in [0.25, 0.3) is 0 Å². The van der Waals surface area contributed by atoms with Crippen molar-refractivity contribution in [2.45, 2.75) is 24.9 Å². The van der Waals surface area contributed by atoms with Crippen molar-refractivity contribution in [1.82, 2.24) is 10.2 Å². The van der Waals surface area contributed by atoms with Crippen molar-refractivity contribution in [1.29, 1.82) is 0 Å². The van der Waals surface area contributed by atoms with Gasteiger partial charge >= 0.3 is 6.03 Å². The molecule has 1 aliphatic heterocycles. The first-order chi connectivity index (χ1) is 8.67. The molecule has 4 heteroatoms. The molecule has 1 saturated carbocycles. The Hall–Kier alpha value is -1.55. The predicted molar refractivity (Wildman–Crippen MR) is 69.9 cm³/mol. The average Bonchev–Trinajstić information content (AvgIpc) is 3.18. The highest BCUT2D eigenvalue weighted by Crippen LogP contribution is 2.42. The Bertz CT molecular complexity index is 436. The van der Waals surface area contributed by atoms with Gasteiger partial charge in [0.1, 0.15) is 0 Å². The monoisotopic (exact) mass is 245 g/mol. The Morgan fingerprint density at radius 1 is 1.33 bits per heavy atom. The van der Waals surface area contributed by atoms with Gasteiger partial charge in [-0.15, -0.1) is 0 Å². The summed E-state index contributed by atoms with van der Waals surface area (Å²) in [5.41, 5.74) is 7.25. The Kier molecular flexibility index (Phi) is 2.74. The summed E-state index contributed by atoms with van der Waals surface area (Å²) >= 11 is 0. The number of urea groups is 1. The molecule has 1 aromatic rings. The smallest absolute Gasteiger partial charge is 0.317 e. The van der Waals surface area contributed by atoms with E-state index in [1.54, 1.807) is 4.90 Å². The Labute approximate surface area is 107 Å². The number of hydrogen-bond acceptors (Lipinski definition) is 2. The van der Waals surface area contributed by atoms with E-state index in [0.29, 0.717) is 25.6 Å². The van der Waals surface area contributed by atoms with E-state index in [1.807, 2.05) is 30.3 Å². The van der Waals surface area contributed by atoms with Crippen molar-refractivity contribution in [3.05, 3.63) is 35.9 Å². The van der Waals surface area contributed by atoms with Crippen molar-refractivity contribution in [2.24, 2.45) is 11.7 Å². The molecule has 1 aliphatic carbocycles.